The molecule has 2 rings (SSSR count). The molecule has 0 unspecified atom stereocenters. The zero-order valence-corrected chi connectivity index (χ0v) is 14.8. The number of hydrogen-bond donors (Lipinski definition) is 3. The molecule has 7 nitrogen and oxygen atoms in total. The molecule has 1 aromatic carbocycles. The van der Waals surface area contributed by atoms with Gasteiger partial charge in [0.2, 0.25) is 5.91 Å². The zero-order valence-electron chi connectivity index (χ0n) is 14.0. The Labute approximate surface area is 148 Å². The second-order valence-electron chi connectivity index (χ2n) is 5.38. The lowest BCUT2D eigenvalue weighted by molar-refractivity contribution is -0.113. The van der Waals surface area contributed by atoms with Gasteiger partial charge >= 0.3 is 0 Å². The number of aromatic nitrogens is 2. The number of anilines is 1. The Morgan fingerprint density at radius 2 is 2.12 bits per heavy atom. The van der Waals surface area contributed by atoms with Crippen LogP contribution >= 0.6 is 11.8 Å². The summed E-state index contributed by atoms with van der Waals surface area (Å²) in [4.78, 5) is 42.2. The van der Waals surface area contributed by atoms with Crippen molar-refractivity contribution in [2.75, 3.05) is 17.7 Å². The van der Waals surface area contributed by atoms with Crippen molar-refractivity contribution in [3.8, 4) is 0 Å². The Hall–Kier alpha value is -2.45. The molecule has 0 bridgehead atoms. The van der Waals surface area contributed by atoms with Gasteiger partial charge in [0.05, 0.1) is 5.75 Å². The lowest BCUT2D eigenvalue weighted by Crippen LogP contribution is -2.19. The molecule has 1 amide bonds. The number of H-pyrrole nitrogens is 1. The van der Waals surface area contributed by atoms with Gasteiger partial charge < -0.3 is 15.4 Å². The van der Waals surface area contributed by atoms with E-state index in [4.69, 9.17) is 5.11 Å². The lowest BCUT2D eigenvalue weighted by Gasteiger charge is -2.07. The van der Waals surface area contributed by atoms with E-state index < -0.39 is 0 Å². The number of carbonyl (C=O) groups excluding carboxylic acids is 2. The summed E-state index contributed by atoms with van der Waals surface area (Å²) in [5.41, 5.74) is 1.73. The first kappa shape index (κ1) is 18.9. The molecular weight excluding hydrogens is 342 g/mol. The highest BCUT2D eigenvalue weighted by molar-refractivity contribution is 7.99. The second kappa shape index (κ2) is 8.59. The molecule has 0 fully saturated rings. The van der Waals surface area contributed by atoms with Crippen LogP contribution in [0.25, 0.3) is 0 Å². The average Bonchev–Trinajstić information content (AvgIpc) is 2.56. The summed E-state index contributed by atoms with van der Waals surface area (Å²) < 4.78 is 0. The fourth-order valence-electron chi connectivity index (χ4n) is 2.21. The quantitative estimate of drug-likeness (QED) is 0.392. The lowest BCUT2D eigenvalue weighted by atomic mass is 10.1. The number of thioether (sulfide) groups is 1. The molecule has 0 atom stereocenters. The van der Waals surface area contributed by atoms with E-state index >= 15 is 0 Å². The third-order valence-corrected chi connectivity index (χ3v) is 4.33. The molecule has 0 radical (unpaired) electrons. The van der Waals surface area contributed by atoms with Gasteiger partial charge in [-0.05, 0) is 26.0 Å². The minimum atomic E-state index is -0.307. The van der Waals surface area contributed by atoms with E-state index in [1.165, 1.54) is 6.92 Å². The first-order valence-electron chi connectivity index (χ1n) is 7.65. The summed E-state index contributed by atoms with van der Waals surface area (Å²) in [6.07, 6.45) is 0.242. The molecule has 0 aliphatic heterocycles. The van der Waals surface area contributed by atoms with E-state index in [1.54, 1.807) is 31.2 Å². The number of amides is 1. The molecule has 0 spiro atoms. The Bertz CT molecular complexity index is 848. The summed E-state index contributed by atoms with van der Waals surface area (Å²) >= 11 is 1.11. The standard InChI is InChI=1S/C17H19N3O4S/c1-10-14(6-7-21)16(24)20-17(18-10)25-9-15(23)19-13-5-3-4-12(8-13)11(2)22/h3-5,8,21H,6-7,9H2,1-2H3,(H,19,23)(H,18,20,24). The molecule has 0 aliphatic carbocycles. The Morgan fingerprint density at radius 3 is 2.76 bits per heavy atom. The zero-order chi connectivity index (χ0) is 18.4. The number of nitrogens with one attached hydrogen (secondary N) is 2. The monoisotopic (exact) mass is 361 g/mol. The van der Waals surface area contributed by atoms with E-state index in [-0.39, 0.29) is 36.0 Å². The van der Waals surface area contributed by atoms with Gasteiger partial charge in [-0.15, -0.1) is 0 Å². The maximum atomic E-state index is 12.0. The van der Waals surface area contributed by atoms with Crippen molar-refractivity contribution >= 4 is 29.1 Å². The Balaban J connectivity index is 1.99. The van der Waals surface area contributed by atoms with Crippen LogP contribution in [-0.4, -0.2) is 39.1 Å². The minimum absolute atomic E-state index is 0.0615. The van der Waals surface area contributed by atoms with Gasteiger partial charge in [0, 0.05) is 35.5 Å². The number of aryl methyl sites for hydroxylation is 1. The molecule has 2 aromatic rings. The number of nitrogens with zero attached hydrogens (tertiary/aromatic N) is 1. The number of aliphatic hydroxyl groups is 1. The number of ketones is 1. The van der Waals surface area contributed by atoms with Crippen molar-refractivity contribution in [3.05, 3.63) is 51.4 Å². The van der Waals surface area contributed by atoms with E-state index in [2.05, 4.69) is 15.3 Å². The normalized spacial score (nSPS) is 10.5. The molecular formula is C17H19N3O4S. The smallest absolute Gasteiger partial charge is 0.255 e. The van der Waals surface area contributed by atoms with Crippen molar-refractivity contribution in [1.29, 1.82) is 0 Å². The van der Waals surface area contributed by atoms with Crippen LogP contribution in [0.4, 0.5) is 5.69 Å². The van der Waals surface area contributed by atoms with Crippen LogP contribution in [0.3, 0.4) is 0 Å². The number of Topliss-reactive ketones (excluding diaryl/α,β-unsaturated/α-hetero) is 1. The first-order valence-corrected chi connectivity index (χ1v) is 8.63. The van der Waals surface area contributed by atoms with Crippen molar-refractivity contribution < 1.29 is 14.7 Å². The number of aromatic amines is 1. The molecule has 0 saturated heterocycles. The SMILES string of the molecule is CC(=O)c1cccc(NC(=O)CSc2nc(C)c(CCO)c(=O)[nH]2)c1. The third kappa shape index (κ3) is 5.27. The van der Waals surface area contributed by atoms with Gasteiger partial charge in [-0.2, -0.15) is 0 Å². The predicted molar refractivity (Wildman–Crippen MR) is 96.2 cm³/mol. The van der Waals surface area contributed by atoms with Gasteiger partial charge in [0.25, 0.3) is 5.56 Å². The Kier molecular flexibility index (Phi) is 6.49. The van der Waals surface area contributed by atoms with Crippen molar-refractivity contribution in [1.82, 2.24) is 9.97 Å². The first-order chi connectivity index (χ1) is 11.9. The topological polar surface area (TPSA) is 112 Å². The highest BCUT2D eigenvalue weighted by Crippen LogP contribution is 2.15. The van der Waals surface area contributed by atoms with Gasteiger partial charge in [-0.25, -0.2) is 4.98 Å². The summed E-state index contributed by atoms with van der Waals surface area (Å²) in [5.74, 6) is -0.289. The van der Waals surface area contributed by atoms with Crippen LogP contribution in [0.5, 0.6) is 0 Å². The van der Waals surface area contributed by atoms with Crippen LogP contribution in [0.1, 0.15) is 28.5 Å². The van der Waals surface area contributed by atoms with Crippen molar-refractivity contribution in [2.45, 2.75) is 25.4 Å². The third-order valence-electron chi connectivity index (χ3n) is 3.46. The predicted octanol–water partition coefficient (Wildman–Crippen LogP) is 1.55. The van der Waals surface area contributed by atoms with Crippen LogP contribution in [-0.2, 0) is 11.2 Å². The van der Waals surface area contributed by atoms with Gasteiger partial charge in [-0.1, -0.05) is 23.9 Å². The van der Waals surface area contributed by atoms with Crippen molar-refractivity contribution in [2.24, 2.45) is 0 Å². The number of aliphatic hydroxyl groups excluding tert-OH is 1. The Morgan fingerprint density at radius 1 is 1.36 bits per heavy atom. The highest BCUT2D eigenvalue weighted by atomic mass is 32.2. The fourth-order valence-corrected chi connectivity index (χ4v) is 2.91. The largest absolute Gasteiger partial charge is 0.396 e. The van der Waals surface area contributed by atoms with E-state index in [9.17, 15) is 14.4 Å². The van der Waals surface area contributed by atoms with E-state index in [0.29, 0.717) is 27.7 Å². The maximum absolute atomic E-state index is 12.0. The summed E-state index contributed by atoms with van der Waals surface area (Å²) in [6, 6.07) is 6.68. The molecule has 1 heterocycles. The summed E-state index contributed by atoms with van der Waals surface area (Å²) in [6.45, 7) is 3.03. The molecule has 0 saturated carbocycles. The fraction of sp³-hybridized carbons (Fsp3) is 0.294. The molecule has 132 valence electrons. The number of hydrogen-bond acceptors (Lipinski definition) is 6. The summed E-state index contributed by atoms with van der Waals surface area (Å²) in [7, 11) is 0. The van der Waals surface area contributed by atoms with Crippen LogP contribution in [0, 0.1) is 6.92 Å². The van der Waals surface area contributed by atoms with E-state index in [1.807, 2.05) is 0 Å². The molecule has 25 heavy (non-hydrogen) atoms. The summed E-state index contributed by atoms with van der Waals surface area (Å²) in [5, 5.41) is 12.0. The second-order valence-corrected chi connectivity index (χ2v) is 6.35. The molecule has 0 aliphatic rings. The van der Waals surface area contributed by atoms with Crippen LogP contribution < -0.4 is 10.9 Å². The number of benzene rings is 1. The van der Waals surface area contributed by atoms with Gasteiger partial charge in [0.15, 0.2) is 10.9 Å². The molecule has 3 N–H and O–H groups in total. The molecule has 1 aromatic heterocycles. The van der Waals surface area contributed by atoms with Crippen molar-refractivity contribution in [3.63, 3.8) is 0 Å². The number of rotatable bonds is 7. The van der Waals surface area contributed by atoms with Gasteiger partial charge in [0.1, 0.15) is 0 Å². The maximum Gasteiger partial charge on any atom is 0.255 e. The minimum Gasteiger partial charge on any atom is -0.396 e. The molecule has 8 heteroatoms. The number of carbonyl (C=O) groups is 2. The van der Waals surface area contributed by atoms with E-state index in [0.717, 1.165) is 11.8 Å². The van der Waals surface area contributed by atoms with Gasteiger partial charge in [-0.3, -0.25) is 14.4 Å². The highest BCUT2D eigenvalue weighted by Gasteiger charge is 2.10. The van der Waals surface area contributed by atoms with Crippen LogP contribution in [0.2, 0.25) is 0 Å². The average molecular weight is 361 g/mol. The van der Waals surface area contributed by atoms with Crippen LogP contribution in [0.15, 0.2) is 34.2 Å².